The van der Waals surface area contributed by atoms with E-state index in [4.69, 9.17) is 11.6 Å². The number of halogens is 1. The second kappa shape index (κ2) is 9.13. The fourth-order valence-electron chi connectivity index (χ4n) is 3.95. The lowest BCUT2D eigenvalue weighted by Gasteiger charge is -2.33. The van der Waals surface area contributed by atoms with Crippen LogP contribution in [0.25, 0.3) is 22.5 Å². The van der Waals surface area contributed by atoms with Crippen LogP contribution in [0.5, 0.6) is 0 Å². The molecule has 1 aliphatic rings. The van der Waals surface area contributed by atoms with Crippen LogP contribution in [0.1, 0.15) is 31.4 Å². The molecule has 3 heterocycles. The number of aromatic amines is 1. The number of aliphatic hydroxyl groups is 2. The minimum atomic E-state index is -1.39. The fraction of sp³-hybridized carbons (Fsp3) is 0.364. The van der Waals surface area contributed by atoms with Gasteiger partial charge in [-0.3, -0.25) is 9.89 Å². The number of amides is 1. The number of likely N-dealkylation sites (tertiary alicyclic amines) is 1. The summed E-state index contributed by atoms with van der Waals surface area (Å²) in [6.45, 7) is 2.39. The third-order valence-corrected chi connectivity index (χ3v) is 5.93. The predicted octanol–water partition coefficient (Wildman–Crippen LogP) is 2.63. The van der Waals surface area contributed by atoms with E-state index >= 15 is 0 Å². The summed E-state index contributed by atoms with van der Waals surface area (Å²) in [6, 6.07) is 9.35. The molecule has 3 aromatic rings. The number of hydrogen-bond donors (Lipinski definition) is 3. The minimum Gasteiger partial charge on any atom is -0.390 e. The number of nitrogens with one attached hydrogen (secondary N) is 1. The van der Waals surface area contributed by atoms with Crippen LogP contribution in [0.4, 0.5) is 0 Å². The molecule has 162 valence electrons. The molecular weight excluding hydrogens is 418 g/mol. The summed E-state index contributed by atoms with van der Waals surface area (Å²) in [4.78, 5) is 22.4. The number of carbonyl (C=O) groups is 1. The molecule has 1 fully saturated rings. The highest BCUT2D eigenvalue weighted by Gasteiger charge is 2.32. The van der Waals surface area contributed by atoms with Crippen LogP contribution in [0.2, 0.25) is 5.02 Å². The average Bonchev–Trinajstić information content (AvgIpc) is 3.24. The second-order valence-electron chi connectivity index (χ2n) is 7.75. The van der Waals surface area contributed by atoms with E-state index in [0.29, 0.717) is 31.0 Å². The third-order valence-electron chi connectivity index (χ3n) is 5.67. The molecule has 31 heavy (non-hydrogen) atoms. The van der Waals surface area contributed by atoms with Crippen molar-refractivity contribution in [3.63, 3.8) is 0 Å². The Kier molecular flexibility index (Phi) is 6.31. The van der Waals surface area contributed by atoms with E-state index in [9.17, 15) is 15.0 Å². The van der Waals surface area contributed by atoms with Crippen LogP contribution in [-0.2, 0) is 4.79 Å². The lowest BCUT2D eigenvalue weighted by Crippen LogP contribution is -2.47. The van der Waals surface area contributed by atoms with E-state index in [-0.39, 0.29) is 5.92 Å². The molecule has 1 saturated heterocycles. The Morgan fingerprint density at radius 2 is 1.90 bits per heavy atom. The number of nitrogens with zero attached hydrogens (tertiary/aromatic N) is 4. The van der Waals surface area contributed by atoms with E-state index in [0.717, 1.165) is 28.2 Å². The number of aliphatic hydroxyl groups excluding tert-OH is 2. The van der Waals surface area contributed by atoms with Gasteiger partial charge in [0.15, 0.2) is 6.10 Å². The van der Waals surface area contributed by atoms with Gasteiger partial charge in [0.05, 0.1) is 11.8 Å². The molecule has 0 saturated carbocycles. The number of rotatable bonds is 5. The van der Waals surface area contributed by atoms with Gasteiger partial charge in [-0.05, 0) is 38.0 Å². The van der Waals surface area contributed by atoms with Gasteiger partial charge in [-0.25, -0.2) is 9.97 Å². The number of hydrogen-bond acceptors (Lipinski definition) is 6. The first-order valence-electron chi connectivity index (χ1n) is 10.2. The minimum absolute atomic E-state index is 0.145. The third kappa shape index (κ3) is 4.46. The Morgan fingerprint density at radius 3 is 2.52 bits per heavy atom. The topological polar surface area (TPSA) is 115 Å². The zero-order chi connectivity index (χ0) is 22.0. The monoisotopic (exact) mass is 441 g/mol. The Labute approximate surface area is 184 Å². The van der Waals surface area contributed by atoms with Crippen LogP contribution in [0.15, 0.2) is 42.9 Å². The van der Waals surface area contributed by atoms with E-state index < -0.39 is 18.1 Å². The largest absolute Gasteiger partial charge is 0.390 e. The fourth-order valence-corrected chi connectivity index (χ4v) is 4.07. The van der Waals surface area contributed by atoms with Gasteiger partial charge in [0.1, 0.15) is 12.0 Å². The SMILES string of the molecule is C[C@@H](O)[C@H](O)C(=O)N1CCC(c2[nH]nc(-c3ccc(Cl)cc3)c2-c2ccncn2)CC1. The van der Waals surface area contributed by atoms with Gasteiger partial charge in [-0.1, -0.05) is 23.7 Å². The van der Waals surface area contributed by atoms with Crippen molar-refractivity contribution in [2.75, 3.05) is 13.1 Å². The zero-order valence-electron chi connectivity index (χ0n) is 17.1. The number of benzene rings is 1. The highest BCUT2D eigenvalue weighted by molar-refractivity contribution is 6.30. The van der Waals surface area contributed by atoms with Crippen molar-refractivity contribution in [2.24, 2.45) is 0 Å². The summed E-state index contributed by atoms with van der Waals surface area (Å²) >= 11 is 6.05. The van der Waals surface area contributed by atoms with Crippen LogP contribution in [0, 0.1) is 0 Å². The first-order valence-corrected chi connectivity index (χ1v) is 10.6. The zero-order valence-corrected chi connectivity index (χ0v) is 17.8. The summed E-state index contributed by atoms with van der Waals surface area (Å²) in [6.07, 6.45) is 2.14. The molecule has 4 rings (SSSR count). The van der Waals surface area contributed by atoms with Crippen LogP contribution in [0.3, 0.4) is 0 Å². The van der Waals surface area contributed by atoms with Crippen molar-refractivity contribution in [3.05, 3.63) is 53.6 Å². The number of piperidine rings is 1. The molecule has 1 aliphatic heterocycles. The van der Waals surface area contributed by atoms with Crippen molar-refractivity contribution in [1.29, 1.82) is 0 Å². The summed E-state index contributed by atoms with van der Waals surface area (Å²) in [7, 11) is 0. The summed E-state index contributed by atoms with van der Waals surface area (Å²) in [5, 5.41) is 27.9. The molecule has 2 aromatic heterocycles. The van der Waals surface area contributed by atoms with Crippen molar-refractivity contribution in [1.82, 2.24) is 25.1 Å². The molecule has 8 nitrogen and oxygen atoms in total. The molecule has 0 aliphatic carbocycles. The maximum atomic E-state index is 12.4. The smallest absolute Gasteiger partial charge is 0.254 e. The maximum absolute atomic E-state index is 12.4. The normalized spacial score (nSPS) is 16.8. The Balaban J connectivity index is 1.62. The number of H-pyrrole nitrogens is 1. The van der Waals surface area contributed by atoms with Crippen LogP contribution < -0.4 is 0 Å². The van der Waals surface area contributed by atoms with Gasteiger partial charge in [-0.15, -0.1) is 0 Å². The number of aromatic nitrogens is 4. The Morgan fingerprint density at radius 1 is 1.19 bits per heavy atom. The predicted molar refractivity (Wildman–Crippen MR) is 116 cm³/mol. The summed E-state index contributed by atoms with van der Waals surface area (Å²) in [5.74, 6) is -0.290. The Bertz CT molecular complexity index is 1030. The van der Waals surface area contributed by atoms with Gasteiger partial charge in [0, 0.05) is 47.0 Å². The second-order valence-corrected chi connectivity index (χ2v) is 8.18. The van der Waals surface area contributed by atoms with Gasteiger partial charge in [0.25, 0.3) is 5.91 Å². The standard InChI is InChI=1S/C22H24ClN5O3/c1-13(29)21(30)22(31)28-10-7-15(8-11-28)20-18(17-6-9-24-12-25-17)19(26-27-20)14-2-4-16(23)5-3-14/h2-6,9,12-13,15,21,29-30H,7-8,10-11H2,1H3,(H,26,27)/t13-,21+/m1/s1. The van der Waals surface area contributed by atoms with Gasteiger partial charge >= 0.3 is 0 Å². The van der Waals surface area contributed by atoms with E-state index in [1.54, 1.807) is 11.1 Å². The van der Waals surface area contributed by atoms with Gasteiger partial charge in [-0.2, -0.15) is 5.10 Å². The molecule has 0 radical (unpaired) electrons. The molecule has 9 heteroatoms. The van der Waals surface area contributed by atoms with Crippen LogP contribution >= 0.6 is 11.6 Å². The lowest BCUT2D eigenvalue weighted by atomic mass is 9.88. The molecular formula is C22H24ClN5O3. The van der Waals surface area contributed by atoms with Crippen molar-refractivity contribution in [2.45, 2.75) is 37.9 Å². The highest BCUT2D eigenvalue weighted by Crippen LogP contribution is 2.39. The Hall–Kier alpha value is -2.81. The average molecular weight is 442 g/mol. The lowest BCUT2D eigenvalue weighted by molar-refractivity contribution is -0.146. The van der Waals surface area contributed by atoms with Gasteiger partial charge < -0.3 is 15.1 Å². The molecule has 1 aromatic carbocycles. The number of carbonyl (C=O) groups excluding carboxylic acids is 1. The van der Waals surface area contributed by atoms with Crippen molar-refractivity contribution >= 4 is 17.5 Å². The van der Waals surface area contributed by atoms with Crippen molar-refractivity contribution < 1.29 is 15.0 Å². The highest BCUT2D eigenvalue weighted by atomic mass is 35.5. The first kappa shape index (κ1) is 21.4. The molecule has 3 N–H and O–H groups in total. The summed E-state index contributed by atoms with van der Waals surface area (Å²) in [5.41, 5.74) is 4.36. The van der Waals surface area contributed by atoms with Crippen LogP contribution in [-0.4, -0.2) is 66.5 Å². The molecule has 0 unspecified atom stereocenters. The quantitative estimate of drug-likeness (QED) is 0.560. The maximum Gasteiger partial charge on any atom is 0.254 e. The van der Waals surface area contributed by atoms with E-state index in [1.807, 2.05) is 30.3 Å². The first-order chi connectivity index (χ1) is 15.0. The van der Waals surface area contributed by atoms with Crippen molar-refractivity contribution in [3.8, 4) is 22.5 Å². The van der Waals surface area contributed by atoms with Gasteiger partial charge in [0.2, 0.25) is 0 Å². The molecule has 2 atom stereocenters. The van der Waals surface area contributed by atoms with E-state index in [1.165, 1.54) is 13.3 Å². The molecule has 0 bridgehead atoms. The summed E-state index contributed by atoms with van der Waals surface area (Å²) < 4.78 is 0. The van der Waals surface area contributed by atoms with E-state index in [2.05, 4.69) is 20.2 Å². The molecule has 0 spiro atoms. The molecule has 1 amide bonds.